The maximum atomic E-state index is 13.9. The number of alkyl halides is 1. The molecule has 3 N–H and O–H groups in total. The molecule has 2 rings (SSSR count). The minimum absolute atomic E-state index is 0.143. The second kappa shape index (κ2) is 5.80. The van der Waals surface area contributed by atoms with Crippen molar-refractivity contribution < 1.29 is 8.78 Å². The first-order valence-corrected chi connectivity index (χ1v) is 6.12. The van der Waals surface area contributed by atoms with Crippen LogP contribution in [-0.4, -0.2) is 24.5 Å². The lowest BCUT2D eigenvalue weighted by Crippen LogP contribution is -2.39. The van der Waals surface area contributed by atoms with Gasteiger partial charge in [-0.15, -0.1) is 0 Å². The van der Waals surface area contributed by atoms with Gasteiger partial charge in [0, 0.05) is 12.3 Å². The number of halogens is 2. The predicted octanol–water partition coefficient (Wildman–Crippen LogP) is 2.13. The summed E-state index contributed by atoms with van der Waals surface area (Å²) >= 11 is 0. The van der Waals surface area contributed by atoms with Crippen molar-refractivity contribution in [3.05, 3.63) is 41.4 Å². The number of hydrogen-bond donors (Lipinski definition) is 2. The summed E-state index contributed by atoms with van der Waals surface area (Å²) in [6, 6.07) is 4.64. The molecule has 3 unspecified atom stereocenters. The zero-order valence-corrected chi connectivity index (χ0v) is 10.8. The lowest BCUT2D eigenvalue weighted by atomic mass is 10.0. The highest BCUT2D eigenvalue weighted by molar-refractivity contribution is 5.85. The predicted molar refractivity (Wildman–Crippen MR) is 73.6 cm³/mol. The summed E-state index contributed by atoms with van der Waals surface area (Å²) in [7, 11) is 0. The maximum absolute atomic E-state index is 13.9. The van der Waals surface area contributed by atoms with Crippen molar-refractivity contribution in [2.24, 2.45) is 10.7 Å². The number of dihydropyridines is 1. The first-order valence-electron chi connectivity index (χ1n) is 6.12. The van der Waals surface area contributed by atoms with Gasteiger partial charge in [0.15, 0.2) is 0 Å². The molecule has 104 valence electrons. The SMILES string of the molecule is CC(N)C1N=CC(Nc2ccc(F)cc2C#N)=CC1F. The van der Waals surface area contributed by atoms with Gasteiger partial charge in [-0.2, -0.15) is 5.26 Å². The summed E-state index contributed by atoms with van der Waals surface area (Å²) in [5.74, 6) is -0.501. The molecule has 1 aromatic carbocycles. The van der Waals surface area contributed by atoms with Gasteiger partial charge in [-0.1, -0.05) is 0 Å². The molecular weight excluding hydrogens is 262 g/mol. The van der Waals surface area contributed by atoms with E-state index in [4.69, 9.17) is 11.0 Å². The Morgan fingerprint density at radius 1 is 1.50 bits per heavy atom. The van der Waals surface area contributed by atoms with E-state index in [2.05, 4.69) is 10.3 Å². The molecule has 0 amide bonds. The summed E-state index contributed by atoms with van der Waals surface area (Å²) < 4.78 is 26.9. The van der Waals surface area contributed by atoms with Crippen molar-refractivity contribution in [3.63, 3.8) is 0 Å². The van der Waals surface area contributed by atoms with E-state index in [0.717, 1.165) is 6.07 Å². The number of anilines is 1. The molecule has 0 radical (unpaired) electrons. The summed E-state index contributed by atoms with van der Waals surface area (Å²) in [6.07, 6.45) is 1.52. The van der Waals surface area contributed by atoms with Crippen molar-refractivity contribution in [2.75, 3.05) is 5.32 Å². The normalized spacial score (nSPS) is 22.9. The Labute approximate surface area is 115 Å². The molecule has 0 fully saturated rings. The van der Waals surface area contributed by atoms with Gasteiger partial charge in [-0.3, -0.25) is 4.99 Å². The lowest BCUT2D eigenvalue weighted by Gasteiger charge is -2.23. The number of allylic oxidation sites excluding steroid dienone is 1. The van der Waals surface area contributed by atoms with Gasteiger partial charge in [0.25, 0.3) is 0 Å². The summed E-state index contributed by atoms with van der Waals surface area (Å²) in [4.78, 5) is 4.05. The highest BCUT2D eigenvalue weighted by atomic mass is 19.1. The smallest absolute Gasteiger partial charge is 0.144 e. The Morgan fingerprint density at radius 2 is 2.25 bits per heavy atom. The Morgan fingerprint density at radius 3 is 2.85 bits per heavy atom. The summed E-state index contributed by atoms with van der Waals surface area (Å²) in [6.45, 7) is 1.69. The first kappa shape index (κ1) is 14.2. The Bertz CT molecular complexity index is 602. The van der Waals surface area contributed by atoms with Gasteiger partial charge in [-0.05, 0) is 31.2 Å². The van der Waals surface area contributed by atoms with Crippen LogP contribution in [-0.2, 0) is 0 Å². The molecule has 0 saturated heterocycles. The molecule has 1 heterocycles. The molecule has 0 spiro atoms. The van der Waals surface area contributed by atoms with Gasteiger partial charge in [0.1, 0.15) is 18.1 Å². The van der Waals surface area contributed by atoms with Gasteiger partial charge < -0.3 is 11.1 Å². The third kappa shape index (κ3) is 3.00. The quantitative estimate of drug-likeness (QED) is 0.888. The van der Waals surface area contributed by atoms with Crippen LogP contribution in [0.3, 0.4) is 0 Å². The highest BCUT2D eigenvalue weighted by Crippen LogP contribution is 2.21. The van der Waals surface area contributed by atoms with Crippen molar-refractivity contribution in [2.45, 2.75) is 25.2 Å². The largest absolute Gasteiger partial charge is 0.353 e. The van der Waals surface area contributed by atoms with Gasteiger partial charge in [0.05, 0.1) is 23.0 Å². The fourth-order valence-electron chi connectivity index (χ4n) is 1.93. The maximum Gasteiger partial charge on any atom is 0.144 e. The molecule has 1 aromatic rings. The monoisotopic (exact) mass is 276 g/mol. The third-order valence-electron chi connectivity index (χ3n) is 2.97. The molecule has 1 aliphatic heterocycles. The van der Waals surface area contributed by atoms with E-state index >= 15 is 0 Å². The van der Waals surface area contributed by atoms with Crippen LogP contribution in [0.2, 0.25) is 0 Å². The number of hydrogen-bond acceptors (Lipinski definition) is 4. The second-order valence-electron chi connectivity index (χ2n) is 4.62. The standard InChI is InChI=1S/C14H14F2N4/c1-8(18)14-12(16)5-11(7-19-14)20-13-3-2-10(15)4-9(13)6-17/h2-5,7-8,12,14,20H,18H2,1H3. The molecule has 0 bridgehead atoms. The van der Waals surface area contributed by atoms with Crippen molar-refractivity contribution in [3.8, 4) is 6.07 Å². The fourth-order valence-corrected chi connectivity index (χ4v) is 1.93. The number of nitriles is 1. The second-order valence-corrected chi connectivity index (χ2v) is 4.62. The molecule has 20 heavy (non-hydrogen) atoms. The van der Waals surface area contributed by atoms with Gasteiger partial charge in [-0.25, -0.2) is 8.78 Å². The van der Waals surface area contributed by atoms with Crippen LogP contribution < -0.4 is 11.1 Å². The Hall–Kier alpha value is -2.26. The van der Waals surface area contributed by atoms with E-state index in [1.165, 1.54) is 24.4 Å². The molecular formula is C14H14F2N4. The molecule has 0 aliphatic carbocycles. The fraction of sp³-hybridized carbons (Fsp3) is 0.286. The number of aliphatic imine (C=N–C) groups is 1. The molecule has 3 atom stereocenters. The van der Waals surface area contributed by atoms with Crippen LogP contribution in [0, 0.1) is 17.1 Å². The number of benzene rings is 1. The van der Waals surface area contributed by atoms with E-state index in [1.807, 2.05) is 6.07 Å². The van der Waals surface area contributed by atoms with Gasteiger partial charge in [0.2, 0.25) is 0 Å². The lowest BCUT2D eigenvalue weighted by molar-refractivity contribution is 0.314. The topological polar surface area (TPSA) is 74.2 Å². The van der Waals surface area contributed by atoms with Crippen molar-refractivity contribution in [1.29, 1.82) is 5.26 Å². The Balaban J connectivity index is 2.19. The number of nitrogens with zero attached hydrogens (tertiary/aromatic N) is 2. The number of nitrogens with one attached hydrogen (secondary N) is 1. The van der Waals surface area contributed by atoms with E-state index in [0.29, 0.717) is 11.4 Å². The van der Waals surface area contributed by atoms with Crippen molar-refractivity contribution in [1.82, 2.24) is 0 Å². The van der Waals surface area contributed by atoms with Crippen LogP contribution in [0.25, 0.3) is 0 Å². The first-order chi connectivity index (χ1) is 9.51. The van der Waals surface area contributed by atoms with Gasteiger partial charge >= 0.3 is 0 Å². The van der Waals surface area contributed by atoms with Crippen LogP contribution in [0.1, 0.15) is 12.5 Å². The zero-order valence-electron chi connectivity index (χ0n) is 10.8. The van der Waals surface area contributed by atoms with E-state index in [-0.39, 0.29) is 11.6 Å². The van der Waals surface area contributed by atoms with Crippen LogP contribution in [0.4, 0.5) is 14.5 Å². The average molecular weight is 276 g/mol. The molecule has 1 aliphatic rings. The van der Waals surface area contributed by atoms with E-state index in [9.17, 15) is 8.78 Å². The molecule has 0 aromatic heterocycles. The highest BCUT2D eigenvalue weighted by Gasteiger charge is 2.25. The van der Waals surface area contributed by atoms with Crippen molar-refractivity contribution >= 4 is 11.9 Å². The molecule has 6 heteroatoms. The van der Waals surface area contributed by atoms with Crippen LogP contribution in [0.15, 0.2) is 35.0 Å². The zero-order chi connectivity index (χ0) is 14.7. The number of rotatable bonds is 3. The number of nitrogens with two attached hydrogens (primary N) is 1. The Kier molecular flexibility index (Phi) is 4.11. The minimum atomic E-state index is -1.30. The van der Waals surface area contributed by atoms with Crippen LogP contribution in [0.5, 0.6) is 0 Å². The molecule has 0 saturated carbocycles. The average Bonchev–Trinajstić information content (AvgIpc) is 2.40. The summed E-state index contributed by atoms with van der Waals surface area (Å²) in [5.41, 5.74) is 6.59. The van der Waals surface area contributed by atoms with E-state index < -0.39 is 18.0 Å². The third-order valence-corrected chi connectivity index (χ3v) is 2.97. The minimum Gasteiger partial charge on any atom is -0.353 e. The van der Waals surface area contributed by atoms with Crippen LogP contribution >= 0.6 is 0 Å². The molecule has 4 nitrogen and oxygen atoms in total. The van der Waals surface area contributed by atoms with E-state index in [1.54, 1.807) is 6.92 Å². The summed E-state index contributed by atoms with van der Waals surface area (Å²) in [5, 5.41) is 11.8.